The van der Waals surface area contributed by atoms with Crippen molar-refractivity contribution in [1.82, 2.24) is 15.3 Å². The van der Waals surface area contributed by atoms with Crippen molar-refractivity contribution in [3.8, 4) is 16.9 Å². The third-order valence-corrected chi connectivity index (χ3v) is 6.60. The molecule has 34 heavy (non-hydrogen) atoms. The van der Waals surface area contributed by atoms with Crippen molar-refractivity contribution in [3.05, 3.63) is 77.8 Å². The maximum Gasteiger partial charge on any atom is 0.222 e. The highest BCUT2D eigenvalue weighted by molar-refractivity contribution is 5.80. The Morgan fingerprint density at radius 2 is 1.94 bits per heavy atom. The van der Waals surface area contributed by atoms with Crippen LogP contribution in [0.1, 0.15) is 57.6 Å². The van der Waals surface area contributed by atoms with E-state index in [-0.39, 0.29) is 0 Å². The van der Waals surface area contributed by atoms with Crippen LogP contribution in [0.3, 0.4) is 0 Å². The first-order valence-electron chi connectivity index (χ1n) is 12.2. The molecule has 2 heterocycles. The molecule has 0 saturated heterocycles. The summed E-state index contributed by atoms with van der Waals surface area (Å²) >= 11 is 0. The van der Waals surface area contributed by atoms with Gasteiger partial charge in [-0.2, -0.15) is 0 Å². The van der Waals surface area contributed by atoms with Gasteiger partial charge in [-0.05, 0) is 85.4 Å². The molecule has 1 aliphatic heterocycles. The molecule has 5 heteroatoms. The van der Waals surface area contributed by atoms with Gasteiger partial charge in [0.1, 0.15) is 5.75 Å². The van der Waals surface area contributed by atoms with Gasteiger partial charge >= 0.3 is 0 Å². The smallest absolute Gasteiger partial charge is 0.222 e. The van der Waals surface area contributed by atoms with Crippen LogP contribution in [-0.2, 0) is 6.42 Å². The van der Waals surface area contributed by atoms with Gasteiger partial charge in [0, 0.05) is 47.0 Å². The lowest BCUT2D eigenvalue weighted by Crippen LogP contribution is -2.27. The Morgan fingerprint density at radius 1 is 1.21 bits per heavy atom. The quantitative estimate of drug-likeness (QED) is 0.441. The molecule has 2 aliphatic rings. The van der Waals surface area contributed by atoms with Gasteiger partial charge < -0.3 is 15.4 Å². The molecule has 2 aromatic rings. The number of ether oxygens (including phenoxy) is 1. The Morgan fingerprint density at radius 3 is 2.50 bits per heavy atom. The van der Waals surface area contributed by atoms with Crippen LogP contribution in [0.4, 0.5) is 5.95 Å². The summed E-state index contributed by atoms with van der Waals surface area (Å²) in [5, 5.41) is 6.87. The summed E-state index contributed by atoms with van der Waals surface area (Å²) in [7, 11) is 1.71. The minimum absolute atomic E-state index is 0.507. The van der Waals surface area contributed by atoms with Crippen LogP contribution in [0.2, 0.25) is 0 Å². The Labute approximate surface area is 203 Å². The average Bonchev–Trinajstić information content (AvgIpc) is 2.79. The van der Waals surface area contributed by atoms with Gasteiger partial charge in [0.15, 0.2) is 0 Å². The highest BCUT2D eigenvalue weighted by Gasteiger charge is 2.20. The molecule has 1 aliphatic carbocycles. The van der Waals surface area contributed by atoms with E-state index in [1.165, 1.54) is 24.8 Å². The van der Waals surface area contributed by atoms with Crippen LogP contribution in [0.5, 0.6) is 5.75 Å². The number of benzene rings is 1. The van der Waals surface area contributed by atoms with Crippen molar-refractivity contribution < 1.29 is 4.74 Å². The maximum absolute atomic E-state index is 5.84. The fraction of sp³-hybridized carbons (Fsp3) is 0.379. The summed E-state index contributed by atoms with van der Waals surface area (Å²) in [5.41, 5.74) is 8.38. The predicted octanol–water partition coefficient (Wildman–Crippen LogP) is 6.67. The van der Waals surface area contributed by atoms with E-state index >= 15 is 0 Å². The molecule has 0 radical (unpaired) electrons. The topological polar surface area (TPSA) is 59.1 Å². The van der Waals surface area contributed by atoms with Gasteiger partial charge in [0.25, 0.3) is 0 Å². The van der Waals surface area contributed by atoms with Crippen molar-refractivity contribution in [3.63, 3.8) is 0 Å². The summed E-state index contributed by atoms with van der Waals surface area (Å²) < 4.78 is 5.84. The molecule has 4 rings (SSSR count). The van der Waals surface area contributed by atoms with E-state index < -0.39 is 0 Å². The van der Waals surface area contributed by atoms with E-state index in [0.29, 0.717) is 17.9 Å². The second-order valence-electron chi connectivity index (χ2n) is 9.78. The van der Waals surface area contributed by atoms with Crippen molar-refractivity contribution in [2.75, 3.05) is 12.4 Å². The molecular formula is C29H36N4O. The zero-order valence-corrected chi connectivity index (χ0v) is 20.9. The van der Waals surface area contributed by atoms with E-state index in [9.17, 15) is 0 Å². The lowest BCUT2D eigenvalue weighted by molar-refractivity contribution is 0.416. The average molecular weight is 457 g/mol. The van der Waals surface area contributed by atoms with Crippen molar-refractivity contribution in [1.29, 1.82) is 0 Å². The monoisotopic (exact) mass is 456 g/mol. The van der Waals surface area contributed by atoms with E-state index in [1.807, 2.05) is 25.5 Å². The lowest BCUT2D eigenvalue weighted by Gasteiger charge is -2.26. The highest BCUT2D eigenvalue weighted by Crippen LogP contribution is 2.37. The van der Waals surface area contributed by atoms with Gasteiger partial charge in [-0.1, -0.05) is 27.0 Å². The van der Waals surface area contributed by atoms with E-state index in [4.69, 9.17) is 4.74 Å². The first-order valence-corrected chi connectivity index (χ1v) is 12.2. The van der Waals surface area contributed by atoms with Gasteiger partial charge in [0.05, 0.1) is 7.11 Å². The molecular weight excluding hydrogens is 420 g/mol. The second kappa shape index (κ2) is 10.3. The summed E-state index contributed by atoms with van der Waals surface area (Å²) in [6.07, 6.45) is 13.6. The van der Waals surface area contributed by atoms with Crippen molar-refractivity contribution in [2.45, 2.75) is 58.9 Å². The van der Waals surface area contributed by atoms with E-state index in [1.54, 1.807) is 7.11 Å². The number of nitrogens with zero attached hydrogens (tertiary/aromatic N) is 2. The Kier molecular flexibility index (Phi) is 7.20. The summed E-state index contributed by atoms with van der Waals surface area (Å²) in [5.74, 6) is 2.10. The largest absolute Gasteiger partial charge is 0.496 e. The van der Waals surface area contributed by atoms with Gasteiger partial charge in [-0.15, -0.1) is 0 Å². The van der Waals surface area contributed by atoms with Gasteiger partial charge in [-0.3, -0.25) is 0 Å². The lowest BCUT2D eigenvalue weighted by atomic mass is 9.90. The minimum atomic E-state index is 0.507. The van der Waals surface area contributed by atoms with Gasteiger partial charge in [0.2, 0.25) is 5.95 Å². The molecule has 0 unspecified atom stereocenters. The third kappa shape index (κ3) is 5.24. The first kappa shape index (κ1) is 23.8. The predicted molar refractivity (Wildman–Crippen MR) is 142 cm³/mol. The minimum Gasteiger partial charge on any atom is -0.496 e. The molecule has 5 nitrogen and oxygen atoms in total. The summed E-state index contributed by atoms with van der Waals surface area (Å²) in [4.78, 5) is 9.15. The molecule has 1 aromatic heterocycles. The number of nitrogens with one attached hydrogen (secondary N) is 2. The maximum atomic E-state index is 5.84. The Bertz CT molecular complexity index is 1140. The molecule has 0 bridgehead atoms. The van der Waals surface area contributed by atoms with Crippen LogP contribution in [0.25, 0.3) is 16.8 Å². The Balaban J connectivity index is 1.70. The van der Waals surface area contributed by atoms with Crippen LogP contribution < -0.4 is 15.4 Å². The number of aromatic nitrogens is 2. The van der Waals surface area contributed by atoms with Crippen LogP contribution in [0.15, 0.2) is 66.7 Å². The number of anilines is 1. The number of dihydropyridines is 1. The zero-order valence-electron chi connectivity index (χ0n) is 20.9. The highest BCUT2D eigenvalue weighted by atomic mass is 16.5. The number of hydrogen-bond acceptors (Lipinski definition) is 5. The van der Waals surface area contributed by atoms with Gasteiger partial charge in [-0.25, -0.2) is 9.97 Å². The fourth-order valence-electron chi connectivity index (χ4n) is 4.29. The molecule has 178 valence electrons. The number of rotatable bonds is 9. The molecule has 2 N–H and O–H groups in total. The third-order valence-electron chi connectivity index (χ3n) is 6.60. The second-order valence-corrected chi connectivity index (χ2v) is 9.78. The van der Waals surface area contributed by atoms with Crippen molar-refractivity contribution >= 4 is 11.6 Å². The molecule has 0 amide bonds. The number of aryl methyl sites for hydroxylation is 1. The zero-order chi connectivity index (χ0) is 24.2. The van der Waals surface area contributed by atoms with Crippen LogP contribution in [-0.4, -0.2) is 23.1 Å². The van der Waals surface area contributed by atoms with Crippen molar-refractivity contribution in [2.24, 2.45) is 5.92 Å². The van der Waals surface area contributed by atoms with E-state index in [2.05, 4.69) is 65.8 Å². The molecule has 1 aromatic carbocycles. The molecule has 0 atom stereocenters. The number of hydrogen-bond donors (Lipinski definition) is 2. The van der Waals surface area contributed by atoms with Crippen LogP contribution >= 0.6 is 0 Å². The summed E-state index contributed by atoms with van der Waals surface area (Å²) in [6, 6.07) is 4.86. The SMILES string of the molecule is C=C(C)C1=CNC(c2cc(OC)c(-c3cnc(NC4CCC4)nc3)cc2CCC(C)C)=CC1=C. The standard InChI is InChI=1S/C29H36N4O/c1-18(2)10-11-21-13-25(22-15-31-29(32-16-22)33-23-8-7-9-23)28(34-6)14-24(21)27-12-20(5)26(17-30-27)19(3)4/h12-18,23,30H,3,5,7-11H2,1-2,4,6H3,(H,31,32,33). The Hall–Kier alpha value is -3.34. The fourth-order valence-corrected chi connectivity index (χ4v) is 4.29. The number of methoxy groups -OCH3 is 1. The molecule has 1 saturated carbocycles. The summed E-state index contributed by atoms with van der Waals surface area (Å²) in [6.45, 7) is 14.8. The van der Waals surface area contributed by atoms with Crippen LogP contribution in [0, 0.1) is 5.92 Å². The molecule has 0 spiro atoms. The normalized spacial score (nSPS) is 15.9. The molecule has 1 fully saturated rings. The van der Waals surface area contributed by atoms with E-state index in [0.717, 1.165) is 57.7 Å². The number of allylic oxidation sites excluding steroid dienone is 4. The first-order chi connectivity index (χ1) is 16.4.